The Hall–Kier alpha value is -0.120. The zero-order chi connectivity index (χ0) is 11.7. The molecule has 0 aliphatic rings. The molecule has 0 aliphatic carbocycles. The molecule has 1 atom stereocenters. The number of hydrogen-bond donors (Lipinski definition) is 1. The Balaban J connectivity index is 4.23. The van der Waals surface area contributed by atoms with Crippen LogP contribution >= 0.6 is 0 Å². The molecule has 0 amide bonds. The van der Waals surface area contributed by atoms with E-state index < -0.39 is 0 Å². The molecule has 0 saturated heterocycles. The standard InChI is InChI=1S/C12H27NO2/c1-6-9-13-11(10(4)5)12(14-7-2)15-8-3/h10-13H,6-9H2,1-5H3. The summed E-state index contributed by atoms with van der Waals surface area (Å²) in [5.74, 6) is 0.514. The van der Waals surface area contributed by atoms with Crippen LogP contribution in [0.5, 0.6) is 0 Å². The Morgan fingerprint density at radius 3 is 1.87 bits per heavy atom. The van der Waals surface area contributed by atoms with Crippen molar-refractivity contribution in [2.45, 2.75) is 53.4 Å². The minimum absolute atomic E-state index is 0.119. The van der Waals surface area contributed by atoms with E-state index in [2.05, 4.69) is 26.1 Å². The van der Waals surface area contributed by atoms with Crippen molar-refractivity contribution >= 4 is 0 Å². The molecule has 0 radical (unpaired) electrons. The fourth-order valence-electron chi connectivity index (χ4n) is 1.54. The van der Waals surface area contributed by atoms with Crippen LogP contribution in [-0.2, 0) is 9.47 Å². The Labute approximate surface area is 94.5 Å². The SMILES string of the molecule is CCCNC(C(C)C)C(OCC)OCC. The van der Waals surface area contributed by atoms with Gasteiger partial charge in [-0.2, -0.15) is 0 Å². The third kappa shape index (κ3) is 6.13. The van der Waals surface area contributed by atoms with Crippen molar-refractivity contribution in [3.63, 3.8) is 0 Å². The maximum Gasteiger partial charge on any atom is 0.172 e. The van der Waals surface area contributed by atoms with E-state index >= 15 is 0 Å². The van der Waals surface area contributed by atoms with Crippen molar-refractivity contribution in [1.29, 1.82) is 0 Å². The Kier molecular flexibility index (Phi) is 9.06. The van der Waals surface area contributed by atoms with E-state index in [4.69, 9.17) is 9.47 Å². The van der Waals surface area contributed by atoms with Crippen LogP contribution in [0.3, 0.4) is 0 Å². The lowest BCUT2D eigenvalue weighted by atomic mass is 10.0. The first kappa shape index (κ1) is 14.9. The fraction of sp³-hybridized carbons (Fsp3) is 1.00. The summed E-state index contributed by atoms with van der Waals surface area (Å²) in [6.07, 6.45) is 1.01. The minimum atomic E-state index is -0.119. The molecule has 3 nitrogen and oxygen atoms in total. The van der Waals surface area contributed by atoms with E-state index in [1.807, 2.05) is 13.8 Å². The van der Waals surface area contributed by atoms with Crippen molar-refractivity contribution in [3.05, 3.63) is 0 Å². The van der Waals surface area contributed by atoms with E-state index in [9.17, 15) is 0 Å². The number of nitrogens with one attached hydrogen (secondary N) is 1. The van der Waals surface area contributed by atoms with Crippen LogP contribution in [0, 0.1) is 5.92 Å². The average Bonchev–Trinajstić information content (AvgIpc) is 2.18. The van der Waals surface area contributed by atoms with Crippen LogP contribution in [0.1, 0.15) is 41.0 Å². The van der Waals surface area contributed by atoms with E-state index in [0.29, 0.717) is 19.1 Å². The van der Waals surface area contributed by atoms with E-state index in [0.717, 1.165) is 13.0 Å². The largest absolute Gasteiger partial charge is 0.351 e. The normalized spacial score (nSPS) is 13.8. The molecule has 0 saturated carbocycles. The van der Waals surface area contributed by atoms with Crippen LogP contribution in [-0.4, -0.2) is 32.1 Å². The van der Waals surface area contributed by atoms with Crippen molar-refractivity contribution in [2.24, 2.45) is 5.92 Å². The van der Waals surface area contributed by atoms with Crippen LogP contribution in [0.2, 0.25) is 0 Å². The lowest BCUT2D eigenvalue weighted by Gasteiger charge is -2.30. The predicted molar refractivity (Wildman–Crippen MR) is 64.0 cm³/mol. The van der Waals surface area contributed by atoms with Gasteiger partial charge in [0.2, 0.25) is 0 Å². The van der Waals surface area contributed by atoms with Gasteiger partial charge in [-0.25, -0.2) is 0 Å². The molecule has 3 heteroatoms. The lowest BCUT2D eigenvalue weighted by molar-refractivity contribution is -0.160. The molecule has 0 aliphatic heterocycles. The van der Waals surface area contributed by atoms with Gasteiger partial charge in [-0.05, 0) is 32.7 Å². The van der Waals surface area contributed by atoms with Crippen molar-refractivity contribution in [1.82, 2.24) is 5.32 Å². The van der Waals surface area contributed by atoms with Crippen LogP contribution in [0.4, 0.5) is 0 Å². The molecule has 0 aromatic heterocycles. The van der Waals surface area contributed by atoms with Gasteiger partial charge < -0.3 is 14.8 Å². The highest BCUT2D eigenvalue weighted by Crippen LogP contribution is 2.11. The molecular weight excluding hydrogens is 190 g/mol. The molecule has 0 bridgehead atoms. The summed E-state index contributed by atoms with van der Waals surface area (Å²) in [7, 11) is 0. The van der Waals surface area contributed by atoms with Gasteiger partial charge >= 0.3 is 0 Å². The molecule has 1 unspecified atom stereocenters. The van der Waals surface area contributed by atoms with E-state index in [1.54, 1.807) is 0 Å². The first-order valence-electron chi connectivity index (χ1n) is 6.13. The first-order chi connectivity index (χ1) is 7.17. The topological polar surface area (TPSA) is 30.5 Å². The number of hydrogen-bond acceptors (Lipinski definition) is 3. The van der Waals surface area contributed by atoms with Crippen molar-refractivity contribution in [2.75, 3.05) is 19.8 Å². The van der Waals surface area contributed by atoms with Gasteiger partial charge in [0.15, 0.2) is 6.29 Å². The average molecular weight is 217 g/mol. The highest BCUT2D eigenvalue weighted by atomic mass is 16.7. The van der Waals surface area contributed by atoms with Gasteiger partial charge in [-0.3, -0.25) is 0 Å². The maximum absolute atomic E-state index is 5.62. The molecule has 0 aromatic rings. The summed E-state index contributed by atoms with van der Waals surface area (Å²) in [6, 6.07) is 0.282. The Morgan fingerprint density at radius 2 is 1.53 bits per heavy atom. The van der Waals surface area contributed by atoms with Gasteiger partial charge in [0.1, 0.15) is 0 Å². The zero-order valence-electron chi connectivity index (χ0n) is 10.9. The highest BCUT2D eigenvalue weighted by molar-refractivity contribution is 4.74. The zero-order valence-corrected chi connectivity index (χ0v) is 10.9. The van der Waals surface area contributed by atoms with Gasteiger partial charge in [-0.15, -0.1) is 0 Å². The molecule has 92 valence electrons. The van der Waals surface area contributed by atoms with Gasteiger partial charge in [-0.1, -0.05) is 20.8 Å². The summed E-state index contributed by atoms with van der Waals surface area (Å²) in [6.45, 7) is 13.0. The number of rotatable bonds is 9. The molecule has 0 spiro atoms. The fourth-order valence-corrected chi connectivity index (χ4v) is 1.54. The Bertz CT molecular complexity index is 134. The molecule has 0 heterocycles. The predicted octanol–water partition coefficient (Wildman–Crippen LogP) is 2.41. The second-order valence-corrected chi connectivity index (χ2v) is 4.00. The Morgan fingerprint density at radius 1 is 1.00 bits per heavy atom. The van der Waals surface area contributed by atoms with E-state index in [-0.39, 0.29) is 12.3 Å². The van der Waals surface area contributed by atoms with Gasteiger partial charge in [0.05, 0.1) is 6.04 Å². The monoisotopic (exact) mass is 217 g/mol. The second kappa shape index (κ2) is 9.13. The minimum Gasteiger partial charge on any atom is -0.351 e. The van der Waals surface area contributed by atoms with Crippen molar-refractivity contribution in [3.8, 4) is 0 Å². The molecule has 0 aromatic carbocycles. The summed E-state index contributed by atoms with van der Waals surface area (Å²) in [5, 5.41) is 3.49. The summed E-state index contributed by atoms with van der Waals surface area (Å²) in [5.41, 5.74) is 0. The van der Waals surface area contributed by atoms with Crippen LogP contribution < -0.4 is 5.32 Å². The van der Waals surface area contributed by atoms with Crippen LogP contribution in [0.25, 0.3) is 0 Å². The highest BCUT2D eigenvalue weighted by Gasteiger charge is 2.24. The van der Waals surface area contributed by atoms with Gasteiger partial charge in [0, 0.05) is 13.2 Å². The first-order valence-corrected chi connectivity index (χ1v) is 6.13. The van der Waals surface area contributed by atoms with Crippen LogP contribution in [0.15, 0.2) is 0 Å². The summed E-state index contributed by atoms with van der Waals surface area (Å²) in [4.78, 5) is 0. The quantitative estimate of drug-likeness (QED) is 0.602. The maximum atomic E-state index is 5.62. The third-order valence-corrected chi connectivity index (χ3v) is 2.30. The number of ether oxygens (including phenoxy) is 2. The molecular formula is C12H27NO2. The molecule has 15 heavy (non-hydrogen) atoms. The second-order valence-electron chi connectivity index (χ2n) is 4.00. The van der Waals surface area contributed by atoms with Gasteiger partial charge in [0.25, 0.3) is 0 Å². The molecule has 1 N–H and O–H groups in total. The smallest absolute Gasteiger partial charge is 0.172 e. The molecule has 0 fully saturated rings. The van der Waals surface area contributed by atoms with E-state index in [1.165, 1.54) is 0 Å². The lowest BCUT2D eigenvalue weighted by Crippen LogP contribution is -2.46. The summed E-state index contributed by atoms with van der Waals surface area (Å²) >= 11 is 0. The summed E-state index contributed by atoms with van der Waals surface area (Å²) < 4.78 is 11.2. The molecule has 0 rings (SSSR count). The third-order valence-electron chi connectivity index (χ3n) is 2.30. The van der Waals surface area contributed by atoms with Crippen molar-refractivity contribution < 1.29 is 9.47 Å².